The van der Waals surface area contributed by atoms with Gasteiger partial charge >= 0.3 is 0 Å². The molecule has 0 aliphatic carbocycles. The number of rotatable bonds is 6. The predicted octanol–water partition coefficient (Wildman–Crippen LogP) is 3.12. The van der Waals surface area contributed by atoms with Gasteiger partial charge in [-0.25, -0.2) is 8.78 Å². The maximum absolute atomic E-state index is 13.6. The molecule has 2 N–H and O–H groups in total. The van der Waals surface area contributed by atoms with Crippen molar-refractivity contribution >= 4 is 17.5 Å². The van der Waals surface area contributed by atoms with Gasteiger partial charge in [-0.05, 0) is 37.3 Å². The topological polar surface area (TPSA) is 67.4 Å². The van der Waals surface area contributed by atoms with Gasteiger partial charge in [-0.2, -0.15) is 0 Å². The van der Waals surface area contributed by atoms with Crippen LogP contribution in [-0.2, 0) is 4.79 Å². The van der Waals surface area contributed by atoms with Gasteiger partial charge in [0.15, 0.2) is 11.6 Å². The first-order valence-corrected chi connectivity index (χ1v) is 7.63. The second-order valence-electron chi connectivity index (χ2n) is 5.44. The highest BCUT2D eigenvalue weighted by molar-refractivity contribution is 5.96. The molecule has 2 aromatic carbocycles. The lowest BCUT2D eigenvalue weighted by atomic mass is 10.1. The zero-order valence-corrected chi connectivity index (χ0v) is 13.8. The van der Waals surface area contributed by atoms with E-state index in [1.54, 1.807) is 19.1 Å². The molecule has 0 fully saturated rings. The Morgan fingerprint density at radius 1 is 1.12 bits per heavy atom. The van der Waals surface area contributed by atoms with Crippen LogP contribution in [0.4, 0.5) is 14.5 Å². The molecule has 0 aromatic heterocycles. The zero-order valence-electron chi connectivity index (χ0n) is 13.8. The van der Waals surface area contributed by atoms with E-state index in [9.17, 15) is 18.4 Å². The number of ether oxygens (including phenoxy) is 1. The first kappa shape index (κ1) is 18.4. The molecule has 2 amide bonds. The van der Waals surface area contributed by atoms with Crippen LogP contribution in [0.1, 0.15) is 24.2 Å². The van der Waals surface area contributed by atoms with E-state index in [1.807, 2.05) is 0 Å². The first-order chi connectivity index (χ1) is 11.9. The summed E-state index contributed by atoms with van der Waals surface area (Å²) in [7, 11) is 0. The van der Waals surface area contributed by atoms with Gasteiger partial charge in [-0.15, -0.1) is 0 Å². The van der Waals surface area contributed by atoms with Crippen molar-refractivity contribution in [3.8, 4) is 5.75 Å². The maximum atomic E-state index is 13.6. The Labute approximate surface area is 144 Å². The van der Waals surface area contributed by atoms with Gasteiger partial charge in [0.2, 0.25) is 5.91 Å². The summed E-state index contributed by atoms with van der Waals surface area (Å²) in [5, 5.41) is 4.93. The quantitative estimate of drug-likeness (QED) is 0.843. The summed E-state index contributed by atoms with van der Waals surface area (Å²) < 4.78 is 32.5. The Morgan fingerprint density at radius 2 is 1.84 bits per heavy atom. The van der Waals surface area contributed by atoms with Crippen LogP contribution in [0, 0.1) is 11.6 Å². The predicted molar refractivity (Wildman–Crippen MR) is 89.5 cm³/mol. The lowest BCUT2D eigenvalue weighted by molar-refractivity contribution is -0.114. The molecule has 25 heavy (non-hydrogen) atoms. The van der Waals surface area contributed by atoms with Crippen LogP contribution in [0.2, 0.25) is 0 Å². The van der Waals surface area contributed by atoms with E-state index < -0.39 is 29.6 Å². The first-order valence-electron chi connectivity index (χ1n) is 7.63. The van der Waals surface area contributed by atoms with E-state index in [2.05, 4.69) is 10.6 Å². The van der Waals surface area contributed by atoms with Crippen LogP contribution in [0.15, 0.2) is 42.5 Å². The summed E-state index contributed by atoms with van der Waals surface area (Å²) in [6.45, 7) is 3.05. The molecule has 0 radical (unpaired) electrons. The molecule has 132 valence electrons. The molecule has 0 unspecified atom stereocenters. The van der Waals surface area contributed by atoms with Gasteiger partial charge in [0.1, 0.15) is 11.9 Å². The number of para-hydroxylation sites is 1. The fraction of sp³-hybridized carbons (Fsp3) is 0.222. The molecule has 2 aromatic rings. The van der Waals surface area contributed by atoms with E-state index in [1.165, 1.54) is 31.2 Å². The zero-order chi connectivity index (χ0) is 18.4. The molecule has 0 bridgehead atoms. The van der Waals surface area contributed by atoms with Crippen LogP contribution >= 0.6 is 0 Å². The molecule has 0 heterocycles. The SMILES string of the molecule is CC(=O)Nc1cc(C(=O)NC[C@H](C)Oc2ccccc2F)ccc1F. The van der Waals surface area contributed by atoms with Crippen LogP contribution in [0.5, 0.6) is 5.75 Å². The fourth-order valence-electron chi connectivity index (χ4n) is 2.09. The monoisotopic (exact) mass is 348 g/mol. The molecular weight excluding hydrogens is 330 g/mol. The number of halogens is 2. The number of amides is 2. The van der Waals surface area contributed by atoms with Gasteiger partial charge in [-0.3, -0.25) is 9.59 Å². The number of benzene rings is 2. The van der Waals surface area contributed by atoms with Crippen molar-refractivity contribution in [3.05, 3.63) is 59.7 Å². The van der Waals surface area contributed by atoms with Crippen LogP contribution < -0.4 is 15.4 Å². The largest absolute Gasteiger partial charge is 0.486 e. The summed E-state index contributed by atoms with van der Waals surface area (Å²) in [4.78, 5) is 23.2. The molecule has 5 nitrogen and oxygen atoms in total. The summed E-state index contributed by atoms with van der Waals surface area (Å²) >= 11 is 0. The molecule has 2 rings (SSSR count). The Morgan fingerprint density at radius 3 is 2.52 bits per heavy atom. The molecule has 0 aliphatic rings. The van der Waals surface area contributed by atoms with Crippen LogP contribution in [0.25, 0.3) is 0 Å². The van der Waals surface area contributed by atoms with Gasteiger partial charge in [0, 0.05) is 12.5 Å². The van der Waals surface area contributed by atoms with Crippen molar-refractivity contribution in [2.24, 2.45) is 0 Å². The highest BCUT2D eigenvalue weighted by Gasteiger charge is 2.13. The summed E-state index contributed by atoms with van der Waals surface area (Å²) in [6, 6.07) is 9.62. The minimum atomic E-state index is -0.636. The molecule has 0 saturated carbocycles. The average Bonchev–Trinajstić information content (AvgIpc) is 2.56. The smallest absolute Gasteiger partial charge is 0.251 e. The van der Waals surface area contributed by atoms with Crippen LogP contribution in [-0.4, -0.2) is 24.5 Å². The second kappa shape index (κ2) is 8.23. The van der Waals surface area contributed by atoms with E-state index in [-0.39, 0.29) is 23.5 Å². The van der Waals surface area contributed by atoms with Crippen molar-refractivity contribution in [2.45, 2.75) is 20.0 Å². The highest BCUT2D eigenvalue weighted by Crippen LogP contribution is 2.18. The lowest BCUT2D eigenvalue weighted by Gasteiger charge is -2.16. The number of hydrogen-bond acceptors (Lipinski definition) is 3. The average molecular weight is 348 g/mol. The third-order valence-corrected chi connectivity index (χ3v) is 3.25. The van der Waals surface area contributed by atoms with E-state index in [0.29, 0.717) is 0 Å². The fourth-order valence-corrected chi connectivity index (χ4v) is 2.09. The normalized spacial score (nSPS) is 11.5. The van der Waals surface area contributed by atoms with Gasteiger partial charge in [-0.1, -0.05) is 12.1 Å². The number of nitrogens with one attached hydrogen (secondary N) is 2. The third-order valence-electron chi connectivity index (χ3n) is 3.25. The van der Waals surface area contributed by atoms with E-state index in [0.717, 1.165) is 6.07 Å². The van der Waals surface area contributed by atoms with Crippen molar-refractivity contribution in [1.82, 2.24) is 5.32 Å². The summed E-state index contributed by atoms with van der Waals surface area (Å²) in [5.41, 5.74) is 0.110. The van der Waals surface area contributed by atoms with Crippen molar-refractivity contribution in [3.63, 3.8) is 0 Å². The van der Waals surface area contributed by atoms with Gasteiger partial charge in [0.05, 0.1) is 12.2 Å². The Hall–Kier alpha value is -2.96. The Balaban J connectivity index is 1.95. The Kier molecular flexibility index (Phi) is 6.05. The maximum Gasteiger partial charge on any atom is 0.251 e. The lowest BCUT2D eigenvalue weighted by Crippen LogP contribution is -2.33. The number of anilines is 1. The third kappa shape index (κ3) is 5.27. The van der Waals surface area contributed by atoms with Gasteiger partial charge in [0.25, 0.3) is 5.91 Å². The molecular formula is C18H18F2N2O3. The van der Waals surface area contributed by atoms with E-state index >= 15 is 0 Å². The molecule has 7 heteroatoms. The number of hydrogen-bond donors (Lipinski definition) is 2. The van der Waals surface area contributed by atoms with E-state index in [4.69, 9.17) is 4.74 Å². The van der Waals surface area contributed by atoms with Crippen molar-refractivity contribution in [1.29, 1.82) is 0 Å². The van der Waals surface area contributed by atoms with Crippen molar-refractivity contribution in [2.75, 3.05) is 11.9 Å². The second-order valence-corrected chi connectivity index (χ2v) is 5.44. The van der Waals surface area contributed by atoms with Crippen molar-refractivity contribution < 1.29 is 23.1 Å². The Bertz CT molecular complexity index is 781. The summed E-state index contributed by atoms with van der Waals surface area (Å²) in [5.74, 6) is -1.93. The molecule has 0 spiro atoms. The van der Waals surface area contributed by atoms with Crippen LogP contribution in [0.3, 0.4) is 0 Å². The highest BCUT2D eigenvalue weighted by atomic mass is 19.1. The molecule has 0 aliphatic heterocycles. The number of carbonyl (C=O) groups is 2. The minimum absolute atomic E-state index is 0.0733. The molecule has 1 atom stereocenters. The standard InChI is InChI=1S/C18H18F2N2O3/c1-11(25-17-6-4-3-5-15(17)20)10-21-18(24)13-7-8-14(19)16(9-13)22-12(2)23/h3-9,11H,10H2,1-2H3,(H,21,24)(H,22,23)/t11-/m0/s1. The summed E-state index contributed by atoms with van der Waals surface area (Å²) in [6.07, 6.45) is -0.476. The number of carbonyl (C=O) groups excluding carboxylic acids is 2. The molecule has 0 saturated heterocycles. The minimum Gasteiger partial charge on any atom is -0.486 e. The van der Waals surface area contributed by atoms with Gasteiger partial charge < -0.3 is 15.4 Å².